The van der Waals surface area contributed by atoms with Crippen LogP contribution in [0.2, 0.25) is 0 Å². The zero-order valence-electron chi connectivity index (χ0n) is 16.7. The minimum absolute atomic E-state index is 0.131. The molecule has 2 atom stereocenters. The Morgan fingerprint density at radius 1 is 1.29 bits per heavy atom. The summed E-state index contributed by atoms with van der Waals surface area (Å²) < 4.78 is 17.2. The van der Waals surface area contributed by atoms with Gasteiger partial charge < -0.3 is 24.8 Å². The number of carbonyl (C=O) groups is 1. The maximum atomic E-state index is 12.9. The minimum atomic E-state index is -0.589. The third kappa shape index (κ3) is 4.19. The first-order valence-corrected chi connectivity index (χ1v) is 10.9. The molecule has 31 heavy (non-hydrogen) atoms. The van der Waals surface area contributed by atoms with Gasteiger partial charge in [0.05, 0.1) is 6.10 Å². The van der Waals surface area contributed by atoms with Crippen LogP contribution in [0.4, 0.5) is 5.13 Å². The number of hydrogen-bond acceptors (Lipinski definition) is 9. The lowest BCUT2D eigenvalue weighted by atomic mass is 10.1. The summed E-state index contributed by atoms with van der Waals surface area (Å²) in [7, 11) is 0. The van der Waals surface area contributed by atoms with Crippen LogP contribution in [0.1, 0.15) is 12.0 Å². The molecule has 0 radical (unpaired) electrons. The monoisotopic (exact) mass is 442 g/mol. The highest BCUT2D eigenvalue weighted by atomic mass is 32.1. The van der Waals surface area contributed by atoms with Gasteiger partial charge in [0.1, 0.15) is 25.6 Å². The van der Waals surface area contributed by atoms with E-state index in [1.807, 2.05) is 23.1 Å². The average Bonchev–Trinajstić information content (AvgIpc) is 3.53. The smallest absolute Gasteiger partial charge is 0.248 e. The van der Waals surface area contributed by atoms with Gasteiger partial charge in [-0.1, -0.05) is 6.07 Å². The first-order valence-electron chi connectivity index (χ1n) is 10.1. The molecule has 1 aromatic carbocycles. The molecule has 0 saturated carbocycles. The Balaban J connectivity index is 1.21. The van der Waals surface area contributed by atoms with E-state index in [0.29, 0.717) is 50.2 Å². The first kappa shape index (κ1) is 19.8. The predicted octanol–water partition coefficient (Wildman–Crippen LogP) is 0.793. The van der Waals surface area contributed by atoms with E-state index >= 15 is 0 Å². The quantitative estimate of drug-likeness (QED) is 0.576. The van der Waals surface area contributed by atoms with E-state index in [1.165, 1.54) is 11.5 Å². The highest BCUT2D eigenvalue weighted by Crippen LogP contribution is 2.31. The molecule has 1 fully saturated rings. The number of imidazole rings is 1. The second kappa shape index (κ2) is 8.52. The third-order valence-corrected chi connectivity index (χ3v) is 6.03. The van der Waals surface area contributed by atoms with Gasteiger partial charge in [0.15, 0.2) is 11.5 Å². The zero-order valence-corrected chi connectivity index (χ0v) is 17.5. The number of amides is 1. The SMILES string of the molecule is O=C(NCCc1ccc2c(c1)OCCO2)C1C[C@@H](O)CN1c1nc(-n2ccnc2)ns1. The molecule has 3 aromatic rings. The van der Waals surface area contributed by atoms with Gasteiger partial charge in [-0.05, 0) is 24.1 Å². The fraction of sp³-hybridized carbons (Fsp3) is 0.400. The molecule has 5 rings (SSSR count). The number of nitrogens with one attached hydrogen (secondary N) is 1. The van der Waals surface area contributed by atoms with Crippen molar-refractivity contribution >= 4 is 22.6 Å². The normalized spacial score (nSPS) is 20.1. The van der Waals surface area contributed by atoms with Gasteiger partial charge in [0.2, 0.25) is 17.0 Å². The fourth-order valence-electron chi connectivity index (χ4n) is 3.77. The maximum absolute atomic E-state index is 12.9. The van der Waals surface area contributed by atoms with E-state index in [4.69, 9.17) is 9.47 Å². The summed E-state index contributed by atoms with van der Waals surface area (Å²) in [5.41, 5.74) is 1.06. The number of anilines is 1. The molecule has 0 bridgehead atoms. The molecule has 2 aromatic heterocycles. The van der Waals surface area contributed by atoms with Gasteiger partial charge in [-0.3, -0.25) is 9.36 Å². The zero-order chi connectivity index (χ0) is 21.2. The van der Waals surface area contributed by atoms with Crippen molar-refractivity contribution in [3.8, 4) is 17.4 Å². The second-order valence-corrected chi connectivity index (χ2v) is 8.15. The number of aromatic nitrogens is 4. The molecular formula is C20H22N6O4S. The summed E-state index contributed by atoms with van der Waals surface area (Å²) >= 11 is 1.20. The van der Waals surface area contributed by atoms with Gasteiger partial charge in [-0.25, -0.2) is 4.98 Å². The number of nitrogens with zero attached hydrogens (tertiary/aromatic N) is 5. The van der Waals surface area contributed by atoms with E-state index in [9.17, 15) is 9.90 Å². The lowest BCUT2D eigenvalue weighted by Crippen LogP contribution is -2.44. The predicted molar refractivity (Wildman–Crippen MR) is 113 cm³/mol. The number of carbonyl (C=O) groups excluding carboxylic acids is 1. The Labute approximate surface area is 182 Å². The number of aliphatic hydroxyl groups is 1. The van der Waals surface area contributed by atoms with Crippen molar-refractivity contribution in [3.05, 3.63) is 42.5 Å². The lowest BCUT2D eigenvalue weighted by molar-refractivity contribution is -0.122. The minimum Gasteiger partial charge on any atom is -0.486 e. The van der Waals surface area contributed by atoms with Crippen LogP contribution >= 0.6 is 11.5 Å². The number of rotatable bonds is 6. The van der Waals surface area contributed by atoms with Crippen molar-refractivity contribution in [2.45, 2.75) is 25.0 Å². The van der Waals surface area contributed by atoms with Gasteiger partial charge in [-0.2, -0.15) is 9.36 Å². The molecular weight excluding hydrogens is 420 g/mol. The molecule has 10 nitrogen and oxygen atoms in total. The molecule has 2 N–H and O–H groups in total. The Bertz CT molecular complexity index is 1060. The lowest BCUT2D eigenvalue weighted by Gasteiger charge is -2.22. The summed E-state index contributed by atoms with van der Waals surface area (Å²) in [5.74, 6) is 1.86. The average molecular weight is 443 g/mol. The van der Waals surface area contributed by atoms with Gasteiger partial charge in [-0.15, -0.1) is 0 Å². The van der Waals surface area contributed by atoms with Crippen LogP contribution in [0.5, 0.6) is 11.5 Å². The summed E-state index contributed by atoms with van der Waals surface area (Å²) in [6.45, 7) is 1.93. The molecule has 11 heteroatoms. The summed E-state index contributed by atoms with van der Waals surface area (Å²) in [4.78, 5) is 23.2. The van der Waals surface area contributed by atoms with Crippen molar-refractivity contribution in [3.63, 3.8) is 0 Å². The van der Waals surface area contributed by atoms with E-state index in [1.54, 1.807) is 23.3 Å². The van der Waals surface area contributed by atoms with E-state index < -0.39 is 12.1 Å². The van der Waals surface area contributed by atoms with Gasteiger partial charge >= 0.3 is 0 Å². The Morgan fingerprint density at radius 3 is 3.00 bits per heavy atom. The van der Waals surface area contributed by atoms with Gasteiger partial charge in [0.25, 0.3) is 0 Å². The van der Waals surface area contributed by atoms with Crippen molar-refractivity contribution in [1.82, 2.24) is 24.2 Å². The number of hydrogen-bond donors (Lipinski definition) is 2. The summed E-state index contributed by atoms with van der Waals surface area (Å²) in [5, 5.41) is 13.8. The number of β-amino-alcohol motifs (C(OH)–C–C–N with tert-alkyl or cyclic N) is 1. The van der Waals surface area contributed by atoms with Crippen LogP contribution in [0.3, 0.4) is 0 Å². The number of ether oxygens (including phenoxy) is 2. The third-order valence-electron chi connectivity index (χ3n) is 5.29. The first-order chi connectivity index (χ1) is 15.2. The van der Waals surface area contributed by atoms with Crippen molar-refractivity contribution in [2.24, 2.45) is 0 Å². The largest absolute Gasteiger partial charge is 0.486 e. The second-order valence-electron chi connectivity index (χ2n) is 7.42. The molecule has 2 aliphatic rings. The Kier molecular flexibility index (Phi) is 5.43. The van der Waals surface area contributed by atoms with Crippen molar-refractivity contribution < 1.29 is 19.4 Å². The van der Waals surface area contributed by atoms with Crippen LogP contribution in [-0.4, -0.2) is 68.4 Å². The van der Waals surface area contributed by atoms with Crippen LogP contribution in [0, 0.1) is 0 Å². The number of benzene rings is 1. The Morgan fingerprint density at radius 2 is 2.16 bits per heavy atom. The van der Waals surface area contributed by atoms with Crippen LogP contribution < -0.4 is 19.7 Å². The Hall–Kier alpha value is -3.18. The van der Waals surface area contributed by atoms with Crippen LogP contribution in [-0.2, 0) is 11.2 Å². The maximum Gasteiger partial charge on any atom is 0.248 e. The molecule has 4 heterocycles. The molecule has 2 aliphatic heterocycles. The van der Waals surface area contributed by atoms with Crippen molar-refractivity contribution in [1.29, 1.82) is 0 Å². The molecule has 1 amide bonds. The number of aliphatic hydroxyl groups excluding tert-OH is 1. The van der Waals surface area contributed by atoms with E-state index in [0.717, 1.165) is 17.1 Å². The van der Waals surface area contributed by atoms with Gasteiger partial charge in [0, 0.05) is 43.4 Å². The van der Waals surface area contributed by atoms with Crippen LogP contribution in [0.25, 0.3) is 5.95 Å². The molecule has 162 valence electrons. The highest BCUT2D eigenvalue weighted by molar-refractivity contribution is 7.09. The molecule has 1 saturated heterocycles. The van der Waals surface area contributed by atoms with Crippen LogP contribution in [0.15, 0.2) is 36.9 Å². The topological polar surface area (TPSA) is 115 Å². The fourth-order valence-corrected chi connectivity index (χ4v) is 4.50. The summed E-state index contributed by atoms with van der Waals surface area (Å²) in [6, 6.07) is 5.34. The van der Waals surface area contributed by atoms with E-state index in [-0.39, 0.29) is 5.91 Å². The highest BCUT2D eigenvalue weighted by Gasteiger charge is 2.37. The standard InChI is InChI=1S/C20H22N6O4S/c27-14-10-15(26(11-14)20-23-19(24-31-20)25-6-5-21-12-25)18(28)22-4-3-13-1-2-16-17(9-13)30-8-7-29-16/h1-2,5-6,9,12,14-15,27H,3-4,7-8,10-11H2,(H,22,28)/t14-,15?/m1/s1. The number of fused-ring (bicyclic) bond motifs is 1. The molecule has 0 aliphatic carbocycles. The molecule has 0 spiro atoms. The van der Waals surface area contributed by atoms with Crippen molar-refractivity contribution in [2.75, 3.05) is 31.2 Å². The molecule has 1 unspecified atom stereocenters. The van der Waals surface area contributed by atoms with E-state index in [2.05, 4.69) is 19.7 Å². The summed E-state index contributed by atoms with van der Waals surface area (Å²) in [6.07, 6.45) is 5.46.